The average molecular weight is 575 g/mol. The van der Waals surface area contributed by atoms with Crippen molar-refractivity contribution < 1.29 is 19.1 Å². The van der Waals surface area contributed by atoms with Crippen LogP contribution in [0.1, 0.15) is 99.3 Å². The number of fused-ring (bicyclic) bond motifs is 7. The van der Waals surface area contributed by atoms with E-state index in [0.717, 1.165) is 51.4 Å². The minimum Gasteiger partial charge on any atom is -0.378 e. The Kier molecular flexibility index (Phi) is 7.01. The highest BCUT2D eigenvalue weighted by molar-refractivity contribution is 6.01. The number of rotatable bonds is 3. The molecule has 6 nitrogen and oxygen atoms in total. The Bertz CT molecular complexity index is 1300. The van der Waals surface area contributed by atoms with E-state index in [9.17, 15) is 14.4 Å². The minimum atomic E-state index is -0.463. The summed E-state index contributed by atoms with van der Waals surface area (Å²) in [6.45, 7) is 24.0. The molecule has 4 fully saturated rings. The van der Waals surface area contributed by atoms with Crippen LogP contribution in [0.15, 0.2) is 23.4 Å². The van der Waals surface area contributed by atoms with Crippen LogP contribution in [0.4, 0.5) is 0 Å². The number of hydrogen-bond acceptors (Lipinski definition) is 4. The molecule has 0 N–H and O–H groups in total. The first kappa shape index (κ1) is 29.8. The van der Waals surface area contributed by atoms with Gasteiger partial charge in [0.25, 0.3) is 0 Å². The van der Waals surface area contributed by atoms with Crippen LogP contribution in [0.5, 0.6) is 0 Å². The van der Waals surface area contributed by atoms with Gasteiger partial charge in [-0.1, -0.05) is 53.2 Å². The first-order chi connectivity index (χ1) is 19.7. The average Bonchev–Trinajstić information content (AvgIpc) is 2.95. The summed E-state index contributed by atoms with van der Waals surface area (Å²) in [5, 5.41) is 0. The number of carbonyl (C=O) groups excluding carboxylic acids is 3. The molecule has 0 aromatic carbocycles. The Morgan fingerprint density at radius 1 is 1.02 bits per heavy atom. The van der Waals surface area contributed by atoms with Gasteiger partial charge < -0.3 is 14.4 Å². The molecular formula is C36H50N2O4. The number of amides is 1. The summed E-state index contributed by atoms with van der Waals surface area (Å²) in [5.41, 5.74) is 0.750. The number of morpholine rings is 1. The van der Waals surface area contributed by atoms with Crippen molar-refractivity contribution in [2.75, 3.05) is 26.3 Å². The number of allylic oxidation sites excluding steroid dienone is 4. The fourth-order valence-corrected chi connectivity index (χ4v) is 11.1. The maximum absolute atomic E-state index is 14.6. The van der Waals surface area contributed by atoms with Crippen LogP contribution in [0.25, 0.3) is 4.85 Å². The third kappa shape index (κ3) is 4.15. The topological polar surface area (TPSA) is 68.0 Å². The Labute approximate surface area is 252 Å². The Hall–Kier alpha value is -2.26. The SMILES string of the molecule is [C-]#[N+]C1=C[C@]2(C)C3=CC(=O)[C@@H]4[C@@H]5CC(C)(C)CC[C@]5(CCC(=O)N5CCOCC5)CC[C@@]4(C)[C@]3(C)CC[C@H]2[C@H](C)C1=O. The molecule has 8 atom stereocenters. The van der Waals surface area contributed by atoms with Crippen LogP contribution in [-0.4, -0.2) is 48.7 Å². The monoisotopic (exact) mass is 574 g/mol. The van der Waals surface area contributed by atoms with E-state index < -0.39 is 5.41 Å². The molecule has 228 valence electrons. The van der Waals surface area contributed by atoms with Gasteiger partial charge in [-0.2, -0.15) is 0 Å². The molecule has 0 aromatic heterocycles. The van der Waals surface area contributed by atoms with Crippen LogP contribution < -0.4 is 0 Å². The maximum atomic E-state index is 14.6. The van der Waals surface area contributed by atoms with Gasteiger partial charge in [-0.15, -0.1) is 0 Å². The summed E-state index contributed by atoms with van der Waals surface area (Å²) < 4.78 is 5.48. The van der Waals surface area contributed by atoms with Crippen molar-refractivity contribution in [3.8, 4) is 0 Å². The minimum absolute atomic E-state index is 0.0169. The molecule has 0 bridgehead atoms. The predicted molar refractivity (Wildman–Crippen MR) is 162 cm³/mol. The zero-order valence-corrected chi connectivity index (χ0v) is 26.7. The van der Waals surface area contributed by atoms with Crippen LogP contribution in [0.2, 0.25) is 0 Å². The van der Waals surface area contributed by atoms with Crippen molar-refractivity contribution in [2.24, 2.45) is 50.7 Å². The first-order valence-electron chi connectivity index (χ1n) is 16.5. The lowest BCUT2D eigenvalue weighted by molar-refractivity contribution is -0.172. The lowest BCUT2D eigenvalue weighted by Crippen LogP contribution is -2.64. The molecule has 5 aliphatic carbocycles. The van der Waals surface area contributed by atoms with Gasteiger partial charge in [0.15, 0.2) is 11.6 Å². The second kappa shape index (κ2) is 9.88. The molecule has 0 aromatic rings. The lowest BCUT2D eigenvalue weighted by atomic mass is 9.34. The van der Waals surface area contributed by atoms with E-state index >= 15 is 0 Å². The van der Waals surface area contributed by atoms with Crippen molar-refractivity contribution in [1.82, 2.24) is 4.90 Å². The van der Waals surface area contributed by atoms with E-state index in [4.69, 9.17) is 11.3 Å². The molecule has 1 aliphatic heterocycles. The van der Waals surface area contributed by atoms with Crippen LogP contribution in [0, 0.1) is 57.3 Å². The third-order valence-electron chi connectivity index (χ3n) is 13.9. The van der Waals surface area contributed by atoms with Gasteiger partial charge in [0.05, 0.1) is 19.8 Å². The molecule has 6 heteroatoms. The molecule has 6 aliphatic rings. The van der Waals surface area contributed by atoms with E-state index in [-0.39, 0.29) is 68.5 Å². The van der Waals surface area contributed by atoms with Gasteiger partial charge in [0.2, 0.25) is 11.6 Å². The standard InChI is InChI=1S/C36H50N2O4/c1-23-24-8-10-34(5)28(33(24,4)22-26(37-7)31(23)41)20-27(39)30-25-21-32(2,3)12-14-36(25,15-13-35(30,34)6)11-9-29(40)38-16-18-42-19-17-38/h20,22-25,30H,8-19,21H2,1-6H3/t23-,24-,25-,30-,33-,34+,35+,36+/m0/s1. The summed E-state index contributed by atoms with van der Waals surface area (Å²) in [4.78, 5) is 46.6. The lowest BCUT2D eigenvalue weighted by Gasteiger charge is -2.69. The quantitative estimate of drug-likeness (QED) is 0.348. The van der Waals surface area contributed by atoms with E-state index in [2.05, 4.69) is 39.5 Å². The van der Waals surface area contributed by atoms with Gasteiger partial charge >= 0.3 is 0 Å². The zero-order valence-electron chi connectivity index (χ0n) is 26.7. The number of carbonyl (C=O) groups is 3. The molecule has 6 rings (SSSR count). The van der Waals surface area contributed by atoms with Crippen LogP contribution in [0.3, 0.4) is 0 Å². The first-order valence-corrected chi connectivity index (χ1v) is 16.5. The normalized spacial score (nSPS) is 44.5. The Morgan fingerprint density at radius 2 is 1.71 bits per heavy atom. The molecule has 42 heavy (non-hydrogen) atoms. The maximum Gasteiger partial charge on any atom is 0.226 e. The largest absolute Gasteiger partial charge is 0.378 e. The van der Waals surface area contributed by atoms with Gasteiger partial charge in [0, 0.05) is 36.8 Å². The molecule has 1 heterocycles. The van der Waals surface area contributed by atoms with Gasteiger partial charge in [-0.05, 0) is 90.9 Å². The Morgan fingerprint density at radius 3 is 2.40 bits per heavy atom. The molecule has 0 radical (unpaired) electrons. The van der Waals surface area contributed by atoms with Crippen LogP contribution in [-0.2, 0) is 19.1 Å². The van der Waals surface area contributed by atoms with Crippen LogP contribution >= 0.6 is 0 Å². The van der Waals surface area contributed by atoms with Crippen molar-refractivity contribution in [3.63, 3.8) is 0 Å². The summed E-state index contributed by atoms with van der Waals surface area (Å²) in [7, 11) is 0. The van der Waals surface area contributed by atoms with E-state index in [1.165, 1.54) is 5.57 Å². The van der Waals surface area contributed by atoms with Gasteiger partial charge in [0.1, 0.15) is 0 Å². The predicted octanol–water partition coefficient (Wildman–Crippen LogP) is 6.81. The number of hydrogen-bond donors (Lipinski definition) is 0. The van der Waals surface area contributed by atoms with Crippen molar-refractivity contribution in [2.45, 2.75) is 99.3 Å². The fraction of sp³-hybridized carbons (Fsp3) is 0.778. The number of Topliss-reactive ketones (excluding diaryl/α,β-unsaturated/α-hetero) is 1. The molecule has 0 spiro atoms. The van der Waals surface area contributed by atoms with Crippen molar-refractivity contribution >= 4 is 17.5 Å². The number of ether oxygens (including phenoxy) is 1. The van der Waals surface area contributed by atoms with E-state index in [1.54, 1.807) is 0 Å². The highest BCUT2D eigenvalue weighted by atomic mass is 16.5. The van der Waals surface area contributed by atoms with E-state index in [1.807, 2.05) is 24.0 Å². The smallest absolute Gasteiger partial charge is 0.226 e. The molecule has 1 saturated heterocycles. The highest BCUT2D eigenvalue weighted by Crippen LogP contribution is 2.74. The Balaban J connectivity index is 1.39. The van der Waals surface area contributed by atoms with Crippen molar-refractivity contribution in [1.29, 1.82) is 0 Å². The summed E-state index contributed by atoms with van der Waals surface area (Å²) in [6, 6.07) is 0. The fourth-order valence-electron chi connectivity index (χ4n) is 11.1. The second-order valence-corrected chi connectivity index (χ2v) is 16.2. The zero-order chi connectivity index (χ0) is 30.3. The van der Waals surface area contributed by atoms with Gasteiger partial charge in [-0.25, -0.2) is 4.85 Å². The summed E-state index contributed by atoms with van der Waals surface area (Å²) in [6.07, 6.45) is 12.6. The summed E-state index contributed by atoms with van der Waals surface area (Å²) >= 11 is 0. The summed E-state index contributed by atoms with van der Waals surface area (Å²) in [5.74, 6) is 0.546. The third-order valence-corrected chi connectivity index (χ3v) is 13.9. The van der Waals surface area contributed by atoms with E-state index in [0.29, 0.717) is 32.7 Å². The molecule has 0 unspecified atom stereocenters. The molecule has 3 saturated carbocycles. The second-order valence-electron chi connectivity index (χ2n) is 16.2. The number of ketones is 2. The highest BCUT2D eigenvalue weighted by Gasteiger charge is 2.68. The van der Waals surface area contributed by atoms with Crippen molar-refractivity contribution in [3.05, 3.63) is 34.8 Å². The number of nitrogens with zero attached hydrogens (tertiary/aromatic N) is 2. The molecular weight excluding hydrogens is 524 g/mol. The molecule has 1 amide bonds. The van der Waals surface area contributed by atoms with Gasteiger partial charge in [-0.3, -0.25) is 9.59 Å².